The maximum atomic E-state index is 13.1. The van der Waals surface area contributed by atoms with Gasteiger partial charge in [-0.25, -0.2) is 0 Å². The van der Waals surface area contributed by atoms with E-state index in [1.165, 1.54) is 6.20 Å². The van der Waals surface area contributed by atoms with Crippen LogP contribution in [0.2, 0.25) is 0 Å². The largest absolute Gasteiger partial charge is 0.358 e. The van der Waals surface area contributed by atoms with Crippen LogP contribution in [-0.2, 0) is 0 Å². The Morgan fingerprint density at radius 2 is 1.76 bits per heavy atom. The summed E-state index contributed by atoms with van der Waals surface area (Å²) in [4.78, 5) is 35.5. The molecule has 1 aromatic carbocycles. The lowest BCUT2D eigenvalue weighted by atomic mass is 10.1. The molecule has 2 amide bonds. The van der Waals surface area contributed by atoms with E-state index in [1.807, 2.05) is 36.1 Å². The molecule has 29 heavy (non-hydrogen) atoms. The van der Waals surface area contributed by atoms with E-state index in [9.17, 15) is 9.59 Å². The third-order valence-electron chi connectivity index (χ3n) is 5.67. The minimum Gasteiger partial charge on any atom is -0.358 e. The van der Waals surface area contributed by atoms with Gasteiger partial charge in [0.15, 0.2) is 0 Å². The van der Waals surface area contributed by atoms with Gasteiger partial charge in [0.05, 0.1) is 5.56 Å². The summed E-state index contributed by atoms with van der Waals surface area (Å²) in [6.07, 6.45) is 2.25. The van der Waals surface area contributed by atoms with E-state index in [1.54, 1.807) is 11.0 Å². The van der Waals surface area contributed by atoms with Crippen molar-refractivity contribution in [1.82, 2.24) is 19.8 Å². The van der Waals surface area contributed by atoms with Crippen LogP contribution in [0.5, 0.6) is 0 Å². The third-order valence-corrected chi connectivity index (χ3v) is 5.67. The van der Waals surface area contributed by atoms with Crippen molar-refractivity contribution in [2.75, 3.05) is 26.2 Å². The molecule has 0 unspecified atom stereocenters. The highest BCUT2D eigenvalue weighted by Gasteiger charge is 2.24. The first-order chi connectivity index (χ1) is 14.0. The summed E-state index contributed by atoms with van der Waals surface area (Å²) in [5.41, 5.74) is 4.81. The fraction of sp³-hybridized carbons (Fsp3) is 0.318. The van der Waals surface area contributed by atoms with Gasteiger partial charge >= 0.3 is 0 Å². The molecule has 7 heteroatoms. The Hall–Kier alpha value is -3.53. The Balaban J connectivity index is 1.48. The summed E-state index contributed by atoms with van der Waals surface area (Å²) >= 11 is 0. The number of nitrogens with zero attached hydrogens (tertiary/aromatic N) is 3. The van der Waals surface area contributed by atoms with Gasteiger partial charge < -0.3 is 19.8 Å². The van der Waals surface area contributed by atoms with E-state index >= 15 is 0 Å². The summed E-state index contributed by atoms with van der Waals surface area (Å²) in [5, 5.41) is 10.0. The number of hydrogen-bond acceptors (Lipinski definition) is 3. The van der Waals surface area contributed by atoms with E-state index in [0.29, 0.717) is 49.4 Å². The molecule has 0 atom stereocenters. The molecule has 1 saturated heterocycles. The highest BCUT2D eigenvalue weighted by atomic mass is 16.2. The van der Waals surface area contributed by atoms with Gasteiger partial charge in [-0.1, -0.05) is 0 Å². The molecule has 0 saturated carbocycles. The van der Waals surface area contributed by atoms with Gasteiger partial charge in [0.1, 0.15) is 11.8 Å². The van der Waals surface area contributed by atoms with Crippen molar-refractivity contribution in [3.63, 3.8) is 0 Å². The molecular weight excluding hydrogens is 366 g/mol. The lowest BCUT2D eigenvalue weighted by molar-refractivity contribution is 0.0716. The van der Waals surface area contributed by atoms with Crippen molar-refractivity contribution in [2.24, 2.45) is 0 Å². The number of fused-ring (bicyclic) bond motifs is 1. The first kappa shape index (κ1) is 18.8. The fourth-order valence-corrected chi connectivity index (χ4v) is 3.85. The van der Waals surface area contributed by atoms with Gasteiger partial charge in [-0.3, -0.25) is 9.59 Å². The number of nitriles is 1. The molecule has 1 aliphatic heterocycles. The Morgan fingerprint density at radius 1 is 1.03 bits per heavy atom. The highest BCUT2D eigenvalue weighted by Crippen LogP contribution is 2.23. The number of nitrogens with one attached hydrogen (secondary N) is 2. The molecule has 2 N–H and O–H groups in total. The van der Waals surface area contributed by atoms with Crippen LogP contribution in [0.4, 0.5) is 0 Å². The number of hydrogen-bond donors (Lipinski definition) is 2. The SMILES string of the molecule is Cc1[nH]c2ccc(C(=O)N3CCCN(C(=O)c4cc(C#N)c[nH]4)CC3)cc2c1C. The summed E-state index contributed by atoms with van der Waals surface area (Å²) in [6.45, 7) is 6.23. The highest BCUT2D eigenvalue weighted by molar-refractivity contribution is 5.99. The van der Waals surface area contributed by atoms with E-state index in [0.717, 1.165) is 22.2 Å². The number of H-pyrrole nitrogens is 2. The predicted molar refractivity (Wildman–Crippen MR) is 110 cm³/mol. The number of benzene rings is 1. The monoisotopic (exact) mass is 389 g/mol. The van der Waals surface area contributed by atoms with Crippen molar-refractivity contribution in [3.05, 3.63) is 58.5 Å². The van der Waals surface area contributed by atoms with Gasteiger partial charge in [-0.15, -0.1) is 0 Å². The summed E-state index contributed by atoms with van der Waals surface area (Å²) in [5.74, 6) is -0.147. The molecule has 0 bridgehead atoms. The van der Waals surface area contributed by atoms with Crippen LogP contribution in [0.15, 0.2) is 30.5 Å². The van der Waals surface area contributed by atoms with Crippen LogP contribution in [0.1, 0.15) is 44.1 Å². The van der Waals surface area contributed by atoms with Gasteiger partial charge in [0.25, 0.3) is 11.8 Å². The number of amides is 2. The molecule has 0 radical (unpaired) electrons. The van der Waals surface area contributed by atoms with Crippen LogP contribution in [-0.4, -0.2) is 57.8 Å². The van der Waals surface area contributed by atoms with Gasteiger partial charge in [-0.2, -0.15) is 5.26 Å². The van der Waals surface area contributed by atoms with Crippen molar-refractivity contribution >= 4 is 22.7 Å². The molecule has 0 spiro atoms. The number of aromatic amines is 2. The zero-order valence-electron chi connectivity index (χ0n) is 16.6. The van der Waals surface area contributed by atoms with Crippen LogP contribution in [0.3, 0.4) is 0 Å². The molecule has 1 aliphatic rings. The molecule has 1 fully saturated rings. The quantitative estimate of drug-likeness (QED) is 0.705. The molecule has 7 nitrogen and oxygen atoms in total. The van der Waals surface area contributed by atoms with Crippen LogP contribution in [0.25, 0.3) is 10.9 Å². The number of carbonyl (C=O) groups excluding carboxylic acids is 2. The maximum Gasteiger partial charge on any atom is 0.270 e. The summed E-state index contributed by atoms with van der Waals surface area (Å²) in [6, 6.07) is 9.34. The Morgan fingerprint density at radius 3 is 2.45 bits per heavy atom. The van der Waals surface area contributed by atoms with E-state index in [2.05, 4.69) is 16.9 Å². The van der Waals surface area contributed by atoms with Crippen LogP contribution in [0, 0.1) is 25.2 Å². The van der Waals surface area contributed by atoms with E-state index in [4.69, 9.17) is 5.26 Å². The van der Waals surface area contributed by atoms with Crippen molar-refractivity contribution in [1.29, 1.82) is 5.26 Å². The lowest BCUT2D eigenvalue weighted by Gasteiger charge is -2.22. The minimum atomic E-state index is -0.138. The first-order valence-corrected chi connectivity index (χ1v) is 9.74. The van der Waals surface area contributed by atoms with Crippen molar-refractivity contribution in [2.45, 2.75) is 20.3 Å². The zero-order chi connectivity index (χ0) is 20.5. The van der Waals surface area contributed by atoms with E-state index < -0.39 is 0 Å². The molecule has 2 aromatic heterocycles. The van der Waals surface area contributed by atoms with Crippen molar-refractivity contribution < 1.29 is 9.59 Å². The average Bonchev–Trinajstić information content (AvgIpc) is 3.22. The number of aryl methyl sites for hydroxylation is 2. The van der Waals surface area contributed by atoms with Crippen molar-refractivity contribution in [3.8, 4) is 6.07 Å². The van der Waals surface area contributed by atoms with E-state index in [-0.39, 0.29) is 11.8 Å². The molecule has 3 heterocycles. The summed E-state index contributed by atoms with van der Waals surface area (Å²) in [7, 11) is 0. The maximum absolute atomic E-state index is 13.1. The molecule has 148 valence electrons. The lowest BCUT2D eigenvalue weighted by Crippen LogP contribution is -2.37. The Kier molecular flexibility index (Phi) is 4.85. The molecule has 0 aliphatic carbocycles. The second-order valence-electron chi connectivity index (χ2n) is 7.49. The topological polar surface area (TPSA) is 96.0 Å². The second-order valence-corrected chi connectivity index (χ2v) is 7.49. The first-order valence-electron chi connectivity index (χ1n) is 9.74. The van der Waals surface area contributed by atoms with Crippen LogP contribution < -0.4 is 0 Å². The van der Waals surface area contributed by atoms with Gasteiger partial charge in [-0.05, 0) is 50.1 Å². The second kappa shape index (κ2) is 7.47. The standard InChI is InChI=1S/C22H23N5O2/c1-14-15(2)25-19-5-4-17(11-18(14)19)21(28)26-6-3-7-27(9-8-26)22(29)20-10-16(12-23)13-24-20/h4-5,10-11,13,24-25H,3,6-9H2,1-2H3. The summed E-state index contributed by atoms with van der Waals surface area (Å²) < 4.78 is 0. The number of carbonyl (C=O) groups is 2. The minimum absolute atomic E-state index is 0.00825. The Labute approximate surface area is 168 Å². The number of rotatable bonds is 2. The van der Waals surface area contributed by atoms with Gasteiger partial charge in [0.2, 0.25) is 0 Å². The van der Waals surface area contributed by atoms with Crippen LogP contribution >= 0.6 is 0 Å². The fourth-order valence-electron chi connectivity index (χ4n) is 3.85. The number of aromatic nitrogens is 2. The normalized spacial score (nSPS) is 14.7. The zero-order valence-corrected chi connectivity index (χ0v) is 16.6. The predicted octanol–water partition coefficient (Wildman–Crippen LogP) is 2.97. The molecule has 4 rings (SSSR count). The smallest absolute Gasteiger partial charge is 0.270 e. The average molecular weight is 389 g/mol. The molecule has 3 aromatic rings. The third kappa shape index (κ3) is 3.49. The molecular formula is C22H23N5O2. The Bertz CT molecular complexity index is 1130. The van der Waals surface area contributed by atoms with Gasteiger partial charge in [0, 0.05) is 54.5 Å².